The summed E-state index contributed by atoms with van der Waals surface area (Å²) in [6.45, 7) is 4.58. The van der Waals surface area contributed by atoms with Gasteiger partial charge in [-0.05, 0) is 67.6 Å². The summed E-state index contributed by atoms with van der Waals surface area (Å²) in [6.07, 6.45) is 27.1. The van der Waals surface area contributed by atoms with Crippen molar-refractivity contribution in [3.63, 3.8) is 0 Å². The molecule has 1 aromatic heterocycles. The second-order valence-corrected chi connectivity index (χ2v) is 11.0. The van der Waals surface area contributed by atoms with E-state index < -0.39 is 0 Å². The molecular weight excluding hydrogens is 410 g/mol. The van der Waals surface area contributed by atoms with E-state index in [1.54, 1.807) is 5.56 Å². The third kappa shape index (κ3) is 9.55. The summed E-state index contributed by atoms with van der Waals surface area (Å²) in [5.74, 6) is 1.75. The second kappa shape index (κ2) is 16.1. The molecule has 0 radical (unpaired) electrons. The summed E-state index contributed by atoms with van der Waals surface area (Å²) in [4.78, 5) is 4.77. The molecule has 1 aliphatic carbocycles. The van der Waals surface area contributed by atoms with Crippen LogP contribution in [0.1, 0.15) is 140 Å². The van der Waals surface area contributed by atoms with Crippen molar-refractivity contribution in [3.8, 4) is 11.3 Å². The maximum absolute atomic E-state index is 4.77. The Balaban J connectivity index is 1.36. The normalized spacial score (nSPS) is 18.3. The topological polar surface area (TPSA) is 12.9 Å². The molecule has 2 aromatic rings. The monoisotopic (exact) mass is 461 g/mol. The molecule has 0 saturated heterocycles. The van der Waals surface area contributed by atoms with E-state index in [0.29, 0.717) is 0 Å². The van der Waals surface area contributed by atoms with Crippen LogP contribution in [0.4, 0.5) is 0 Å². The number of hydrogen-bond acceptors (Lipinski definition) is 1. The predicted molar refractivity (Wildman–Crippen MR) is 149 cm³/mol. The molecule has 1 fully saturated rings. The van der Waals surface area contributed by atoms with E-state index in [1.807, 2.05) is 0 Å². The van der Waals surface area contributed by atoms with Crippen LogP contribution in [0.25, 0.3) is 11.3 Å². The minimum atomic E-state index is 0.766. The molecule has 0 unspecified atom stereocenters. The highest BCUT2D eigenvalue weighted by molar-refractivity contribution is 5.59. The van der Waals surface area contributed by atoms with Gasteiger partial charge in [-0.1, -0.05) is 121 Å². The standard InChI is InChI=1S/C33H51N/c1-3-5-7-9-10-12-13-15-28-17-20-30(21-18-28)31-22-24-32(25-23-31)33-26-19-29(27-34-33)16-14-11-8-6-4-2/h19,22-28,30H,3-18,20-21H2,1-2H3. The second-order valence-electron chi connectivity index (χ2n) is 11.0. The van der Waals surface area contributed by atoms with E-state index in [0.717, 1.165) is 24.0 Å². The Bertz CT molecular complexity index is 752. The molecule has 34 heavy (non-hydrogen) atoms. The number of aryl methyl sites for hydroxylation is 1. The van der Waals surface area contributed by atoms with E-state index in [2.05, 4.69) is 56.4 Å². The van der Waals surface area contributed by atoms with Gasteiger partial charge in [0.2, 0.25) is 0 Å². The van der Waals surface area contributed by atoms with Crippen molar-refractivity contribution in [3.05, 3.63) is 53.7 Å². The summed E-state index contributed by atoms with van der Waals surface area (Å²) < 4.78 is 0. The minimum Gasteiger partial charge on any atom is -0.256 e. The van der Waals surface area contributed by atoms with Gasteiger partial charge in [-0.2, -0.15) is 0 Å². The molecule has 0 N–H and O–H groups in total. The van der Waals surface area contributed by atoms with Gasteiger partial charge in [0, 0.05) is 11.8 Å². The number of hydrogen-bond donors (Lipinski definition) is 0. The lowest BCUT2D eigenvalue weighted by molar-refractivity contribution is 0.302. The van der Waals surface area contributed by atoms with Gasteiger partial charge in [-0.15, -0.1) is 0 Å². The Labute approximate surface area is 211 Å². The predicted octanol–water partition coefficient (Wildman–Crippen LogP) is 10.7. The number of rotatable bonds is 16. The molecule has 1 nitrogen and oxygen atoms in total. The first-order valence-corrected chi connectivity index (χ1v) is 14.9. The fraction of sp³-hybridized carbons (Fsp3) is 0.667. The van der Waals surface area contributed by atoms with Crippen LogP contribution in [-0.4, -0.2) is 4.98 Å². The molecular formula is C33H51N. The van der Waals surface area contributed by atoms with Gasteiger partial charge in [0.15, 0.2) is 0 Å². The van der Waals surface area contributed by atoms with Crippen LogP contribution in [0.5, 0.6) is 0 Å². The first-order valence-electron chi connectivity index (χ1n) is 14.9. The molecule has 1 aliphatic rings. The first-order chi connectivity index (χ1) is 16.8. The summed E-state index contributed by atoms with van der Waals surface area (Å²) in [7, 11) is 0. The quantitative estimate of drug-likeness (QED) is 0.226. The molecule has 1 saturated carbocycles. The van der Waals surface area contributed by atoms with Crippen molar-refractivity contribution in [2.45, 2.75) is 135 Å². The maximum Gasteiger partial charge on any atom is 0.0702 e. The molecule has 1 heterocycles. The lowest BCUT2D eigenvalue weighted by Gasteiger charge is -2.29. The Morgan fingerprint density at radius 1 is 0.647 bits per heavy atom. The van der Waals surface area contributed by atoms with Gasteiger partial charge in [0.25, 0.3) is 0 Å². The summed E-state index contributed by atoms with van der Waals surface area (Å²) >= 11 is 0. The van der Waals surface area contributed by atoms with Crippen molar-refractivity contribution >= 4 is 0 Å². The molecule has 0 aliphatic heterocycles. The van der Waals surface area contributed by atoms with E-state index >= 15 is 0 Å². The van der Waals surface area contributed by atoms with Gasteiger partial charge < -0.3 is 0 Å². The Kier molecular flexibility index (Phi) is 12.8. The number of pyridine rings is 1. The van der Waals surface area contributed by atoms with Crippen LogP contribution in [0, 0.1) is 5.92 Å². The van der Waals surface area contributed by atoms with Gasteiger partial charge >= 0.3 is 0 Å². The van der Waals surface area contributed by atoms with E-state index in [1.165, 1.54) is 120 Å². The average Bonchev–Trinajstić information content (AvgIpc) is 2.89. The van der Waals surface area contributed by atoms with Crippen LogP contribution in [0.15, 0.2) is 42.6 Å². The zero-order valence-corrected chi connectivity index (χ0v) is 22.4. The van der Waals surface area contributed by atoms with Crippen LogP contribution in [0.3, 0.4) is 0 Å². The van der Waals surface area contributed by atoms with E-state index in [9.17, 15) is 0 Å². The van der Waals surface area contributed by atoms with Crippen molar-refractivity contribution in [2.24, 2.45) is 5.92 Å². The number of nitrogens with zero attached hydrogens (tertiary/aromatic N) is 1. The van der Waals surface area contributed by atoms with Gasteiger partial charge in [0.1, 0.15) is 0 Å². The molecule has 1 aromatic carbocycles. The highest BCUT2D eigenvalue weighted by atomic mass is 14.7. The lowest BCUT2D eigenvalue weighted by Crippen LogP contribution is -2.13. The fourth-order valence-corrected chi connectivity index (χ4v) is 5.78. The van der Waals surface area contributed by atoms with Gasteiger partial charge in [-0.25, -0.2) is 0 Å². The fourth-order valence-electron chi connectivity index (χ4n) is 5.78. The van der Waals surface area contributed by atoms with Crippen molar-refractivity contribution < 1.29 is 0 Å². The summed E-state index contributed by atoms with van der Waals surface area (Å²) in [5, 5.41) is 0. The SMILES string of the molecule is CCCCCCCCCC1CCC(c2ccc(-c3ccc(CCCCCCC)cn3)cc2)CC1. The maximum atomic E-state index is 4.77. The molecule has 0 atom stereocenters. The average molecular weight is 462 g/mol. The Hall–Kier alpha value is -1.63. The zero-order valence-electron chi connectivity index (χ0n) is 22.4. The van der Waals surface area contributed by atoms with Crippen molar-refractivity contribution in [1.82, 2.24) is 4.98 Å². The summed E-state index contributed by atoms with van der Waals surface area (Å²) in [6, 6.07) is 13.8. The Morgan fingerprint density at radius 3 is 1.88 bits per heavy atom. The highest BCUT2D eigenvalue weighted by Gasteiger charge is 2.22. The van der Waals surface area contributed by atoms with Gasteiger partial charge in [0.05, 0.1) is 5.69 Å². The van der Waals surface area contributed by atoms with E-state index in [-0.39, 0.29) is 0 Å². The first kappa shape index (κ1) is 27.0. The highest BCUT2D eigenvalue weighted by Crippen LogP contribution is 2.38. The molecule has 1 heteroatoms. The third-order valence-electron chi connectivity index (χ3n) is 8.13. The minimum absolute atomic E-state index is 0.766. The molecule has 0 amide bonds. The summed E-state index contributed by atoms with van der Waals surface area (Å²) in [5.41, 5.74) is 5.29. The largest absolute Gasteiger partial charge is 0.256 e. The third-order valence-corrected chi connectivity index (χ3v) is 8.13. The zero-order chi connectivity index (χ0) is 23.8. The van der Waals surface area contributed by atoms with E-state index in [4.69, 9.17) is 4.98 Å². The molecule has 3 rings (SSSR count). The number of benzene rings is 1. The molecule has 0 bridgehead atoms. The number of aromatic nitrogens is 1. The van der Waals surface area contributed by atoms with Crippen molar-refractivity contribution in [2.75, 3.05) is 0 Å². The van der Waals surface area contributed by atoms with Crippen LogP contribution < -0.4 is 0 Å². The van der Waals surface area contributed by atoms with Crippen LogP contribution in [-0.2, 0) is 6.42 Å². The van der Waals surface area contributed by atoms with Crippen LogP contribution in [0.2, 0.25) is 0 Å². The smallest absolute Gasteiger partial charge is 0.0702 e. The number of unbranched alkanes of at least 4 members (excludes halogenated alkanes) is 10. The molecule has 188 valence electrons. The van der Waals surface area contributed by atoms with Crippen LogP contribution >= 0.6 is 0 Å². The Morgan fingerprint density at radius 2 is 1.26 bits per heavy atom. The lowest BCUT2D eigenvalue weighted by atomic mass is 9.77. The van der Waals surface area contributed by atoms with Gasteiger partial charge in [-0.3, -0.25) is 4.98 Å². The molecule has 0 spiro atoms. The van der Waals surface area contributed by atoms with Crippen molar-refractivity contribution in [1.29, 1.82) is 0 Å².